The van der Waals surface area contributed by atoms with Crippen molar-refractivity contribution in [2.45, 2.75) is 71.9 Å². The third-order valence-electron chi connectivity index (χ3n) is 4.67. The van der Waals surface area contributed by atoms with E-state index in [1.807, 2.05) is 20.8 Å². The molecule has 1 amide bonds. The van der Waals surface area contributed by atoms with Gasteiger partial charge in [0.2, 0.25) is 0 Å². The van der Waals surface area contributed by atoms with E-state index < -0.39 is 5.60 Å². The van der Waals surface area contributed by atoms with Crippen LogP contribution in [0, 0.1) is 5.41 Å². The molecule has 0 bridgehead atoms. The molecule has 5 nitrogen and oxygen atoms in total. The Morgan fingerprint density at radius 3 is 2.45 bits per heavy atom. The molecule has 1 atom stereocenters. The fourth-order valence-corrected chi connectivity index (χ4v) is 2.78. The lowest BCUT2D eigenvalue weighted by Crippen LogP contribution is -2.51. The van der Waals surface area contributed by atoms with Crippen molar-refractivity contribution in [2.24, 2.45) is 5.41 Å². The van der Waals surface area contributed by atoms with Gasteiger partial charge in [-0.25, -0.2) is 4.79 Å². The number of carbonyl (C=O) groups is 1. The van der Waals surface area contributed by atoms with Crippen LogP contribution in [0.1, 0.15) is 60.3 Å². The molecular formula is C17H34N2O3. The van der Waals surface area contributed by atoms with E-state index in [1.54, 1.807) is 4.90 Å². The van der Waals surface area contributed by atoms with Crippen molar-refractivity contribution >= 4 is 6.09 Å². The fourth-order valence-electron chi connectivity index (χ4n) is 2.78. The van der Waals surface area contributed by atoms with Crippen LogP contribution in [0.5, 0.6) is 0 Å². The van der Waals surface area contributed by atoms with Crippen LogP contribution in [0.15, 0.2) is 0 Å². The van der Waals surface area contributed by atoms with Gasteiger partial charge >= 0.3 is 6.09 Å². The summed E-state index contributed by atoms with van der Waals surface area (Å²) in [5.41, 5.74) is -0.498. The average molecular weight is 314 g/mol. The zero-order chi connectivity index (χ0) is 16.8. The Labute approximate surface area is 135 Å². The highest BCUT2D eigenvalue weighted by Gasteiger charge is 2.30. The number of nitrogens with zero attached hydrogens (tertiary/aromatic N) is 1. The Morgan fingerprint density at radius 1 is 1.32 bits per heavy atom. The average Bonchev–Trinajstić information content (AvgIpc) is 2.48. The molecule has 0 aromatic rings. The Morgan fingerprint density at radius 2 is 1.95 bits per heavy atom. The number of carbonyl (C=O) groups excluding carboxylic acids is 1. The molecular weight excluding hydrogens is 280 g/mol. The van der Waals surface area contributed by atoms with E-state index in [-0.39, 0.29) is 24.2 Å². The second-order valence-electron chi connectivity index (χ2n) is 7.51. The van der Waals surface area contributed by atoms with Gasteiger partial charge in [0, 0.05) is 37.7 Å². The molecule has 0 saturated carbocycles. The first kappa shape index (κ1) is 19.2. The Balaban J connectivity index is 2.51. The van der Waals surface area contributed by atoms with Gasteiger partial charge in [-0.15, -0.1) is 0 Å². The third-order valence-corrected chi connectivity index (χ3v) is 4.67. The second kappa shape index (κ2) is 8.16. The second-order valence-corrected chi connectivity index (χ2v) is 7.51. The molecule has 0 aromatic carbocycles. The van der Waals surface area contributed by atoms with E-state index in [1.165, 1.54) is 0 Å². The lowest BCUT2D eigenvalue weighted by atomic mass is 9.83. The summed E-state index contributed by atoms with van der Waals surface area (Å²) in [7, 11) is 0. The summed E-state index contributed by atoms with van der Waals surface area (Å²) < 4.78 is 5.45. The van der Waals surface area contributed by atoms with E-state index in [4.69, 9.17) is 4.74 Å². The molecule has 5 heteroatoms. The van der Waals surface area contributed by atoms with Gasteiger partial charge in [0.25, 0.3) is 0 Å². The molecule has 22 heavy (non-hydrogen) atoms. The quantitative estimate of drug-likeness (QED) is 0.791. The Bertz CT molecular complexity index is 340. The number of hydrogen-bond acceptors (Lipinski definition) is 4. The maximum Gasteiger partial charge on any atom is 0.410 e. The largest absolute Gasteiger partial charge is 0.444 e. The standard InChI is InChI=1S/C17H34N2O3/c1-6-17(7-2,13-20)12-18-14-9-8-10-19(11-14)15(21)22-16(3,4)5/h14,18,20H,6-13H2,1-5H3. The molecule has 0 radical (unpaired) electrons. The normalized spacial score (nSPS) is 20.1. The van der Waals surface area contributed by atoms with Crippen LogP contribution in [0.2, 0.25) is 0 Å². The number of nitrogens with one attached hydrogen (secondary N) is 1. The highest BCUT2D eigenvalue weighted by Crippen LogP contribution is 2.25. The van der Waals surface area contributed by atoms with Crippen molar-refractivity contribution < 1.29 is 14.6 Å². The maximum atomic E-state index is 12.2. The first-order valence-electron chi connectivity index (χ1n) is 8.57. The van der Waals surface area contributed by atoms with Gasteiger partial charge in [-0.1, -0.05) is 13.8 Å². The highest BCUT2D eigenvalue weighted by molar-refractivity contribution is 5.68. The van der Waals surface area contributed by atoms with Crippen molar-refractivity contribution in [3.63, 3.8) is 0 Å². The van der Waals surface area contributed by atoms with E-state index in [9.17, 15) is 9.90 Å². The molecule has 1 rings (SSSR count). The third kappa shape index (κ3) is 5.76. The van der Waals surface area contributed by atoms with Gasteiger partial charge in [0.1, 0.15) is 5.60 Å². The monoisotopic (exact) mass is 314 g/mol. The molecule has 2 N–H and O–H groups in total. The highest BCUT2D eigenvalue weighted by atomic mass is 16.6. The molecule has 1 fully saturated rings. The van der Waals surface area contributed by atoms with Crippen LogP contribution in [-0.4, -0.2) is 54.0 Å². The fraction of sp³-hybridized carbons (Fsp3) is 0.941. The number of likely N-dealkylation sites (tertiary alicyclic amines) is 1. The summed E-state index contributed by atoms with van der Waals surface area (Å²) in [4.78, 5) is 14.0. The summed E-state index contributed by atoms with van der Waals surface area (Å²) in [5, 5.41) is 13.2. The van der Waals surface area contributed by atoms with Crippen molar-refractivity contribution in [3.05, 3.63) is 0 Å². The van der Waals surface area contributed by atoms with E-state index in [0.717, 1.165) is 38.8 Å². The van der Waals surface area contributed by atoms with Crippen molar-refractivity contribution in [2.75, 3.05) is 26.2 Å². The summed E-state index contributed by atoms with van der Waals surface area (Å²) in [6.45, 7) is 12.4. The number of ether oxygens (including phenoxy) is 1. The summed E-state index contributed by atoms with van der Waals surface area (Å²) >= 11 is 0. The van der Waals surface area contributed by atoms with Crippen LogP contribution >= 0.6 is 0 Å². The predicted octanol–water partition coefficient (Wildman–Crippen LogP) is 2.77. The topological polar surface area (TPSA) is 61.8 Å². The zero-order valence-electron chi connectivity index (χ0n) is 14.9. The van der Waals surface area contributed by atoms with E-state index in [2.05, 4.69) is 19.2 Å². The van der Waals surface area contributed by atoms with E-state index in [0.29, 0.717) is 6.54 Å². The first-order chi connectivity index (χ1) is 10.2. The molecule has 0 aliphatic carbocycles. The Hall–Kier alpha value is -0.810. The SMILES string of the molecule is CCC(CC)(CO)CNC1CCCN(C(=O)OC(C)(C)C)C1. The molecule has 1 unspecified atom stereocenters. The molecule has 1 saturated heterocycles. The van der Waals surface area contributed by atoms with Crippen LogP contribution in [0.4, 0.5) is 4.79 Å². The van der Waals surface area contributed by atoms with Gasteiger partial charge in [-0.05, 0) is 46.5 Å². The summed E-state index contributed by atoms with van der Waals surface area (Å²) in [6.07, 6.45) is 3.74. The number of aliphatic hydroxyl groups excluding tert-OH is 1. The minimum atomic E-state index is -0.450. The van der Waals surface area contributed by atoms with Gasteiger partial charge < -0.3 is 20.1 Å². The van der Waals surface area contributed by atoms with E-state index >= 15 is 0 Å². The molecule has 1 aliphatic rings. The number of rotatable bonds is 6. The van der Waals surface area contributed by atoms with Gasteiger partial charge in [0.15, 0.2) is 0 Å². The zero-order valence-corrected chi connectivity index (χ0v) is 14.9. The van der Waals surface area contributed by atoms with Crippen LogP contribution in [-0.2, 0) is 4.74 Å². The molecule has 1 heterocycles. The number of aliphatic hydroxyl groups is 1. The van der Waals surface area contributed by atoms with Gasteiger partial charge in [-0.2, -0.15) is 0 Å². The van der Waals surface area contributed by atoms with Gasteiger partial charge in [-0.3, -0.25) is 0 Å². The van der Waals surface area contributed by atoms with Crippen molar-refractivity contribution in [1.82, 2.24) is 10.2 Å². The Kier molecular flexibility index (Phi) is 7.13. The predicted molar refractivity (Wildman–Crippen MR) is 88.9 cm³/mol. The number of amides is 1. The lowest BCUT2D eigenvalue weighted by molar-refractivity contribution is 0.0177. The van der Waals surface area contributed by atoms with Gasteiger partial charge in [0.05, 0.1) is 0 Å². The smallest absolute Gasteiger partial charge is 0.410 e. The number of hydrogen-bond donors (Lipinski definition) is 2. The molecule has 0 aromatic heterocycles. The minimum Gasteiger partial charge on any atom is -0.444 e. The van der Waals surface area contributed by atoms with Crippen molar-refractivity contribution in [3.8, 4) is 0 Å². The molecule has 0 spiro atoms. The summed E-state index contributed by atoms with van der Waals surface area (Å²) in [5.74, 6) is 0. The van der Waals surface area contributed by atoms with Crippen LogP contribution in [0.3, 0.4) is 0 Å². The van der Waals surface area contributed by atoms with Crippen molar-refractivity contribution in [1.29, 1.82) is 0 Å². The van der Waals surface area contributed by atoms with Crippen LogP contribution < -0.4 is 5.32 Å². The lowest BCUT2D eigenvalue weighted by Gasteiger charge is -2.37. The van der Waals surface area contributed by atoms with Crippen LogP contribution in [0.25, 0.3) is 0 Å². The number of piperidine rings is 1. The maximum absolute atomic E-state index is 12.2. The molecule has 130 valence electrons. The summed E-state index contributed by atoms with van der Waals surface area (Å²) in [6, 6.07) is 0.283. The minimum absolute atomic E-state index is 0.0474. The first-order valence-corrected chi connectivity index (χ1v) is 8.57. The molecule has 1 aliphatic heterocycles.